The minimum absolute atomic E-state index is 0.269. The Bertz CT molecular complexity index is 457. The topological polar surface area (TPSA) is 40.5 Å². The molecule has 0 aliphatic rings. The number of rotatable bonds is 3. The number of benzene rings is 1. The molecule has 0 spiro atoms. The summed E-state index contributed by atoms with van der Waals surface area (Å²) < 4.78 is 38.7. The quantitative estimate of drug-likeness (QED) is 0.909. The minimum atomic E-state index is -4.58. The van der Waals surface area contributed by atoms with Gasteiger partial charge in [0.2, 0.25) is 0 Å². The molecule has 3 nitrogen and oxygen atoms in total. The molecule has 0 heterocycles. The number of carboxylic acids is 1. The van der Waals surface area contributed by atoms with Crippen molar-refractivity contribution in [3.63, 3.8) is 0 Å². The van der Waals surface area contributed by atoms with E-state index in [0.717, 1.165) is 6.07 Å². The van der Waals surface area contributed by atoms with Gasteiger partial charge in [-0.25, -0.2) is 4.79 Å². The summed E-state index contributed by atoms with van der Waals surface area (Å²) in [6.45, 7) is 1.25. The monoisotopic (exact) mass is 261 g/mol. The van der Waals surface area contributed by atoms with E-state index in [1.165, 1.54) is 44.1 Å². The summed E-state index contributed by atoms with van der Waals surface area (Å²) in [5.74, 6) is -1.33. The summed E-state index contributed by atoms with van der Waals surface area (Å²) >= 11 is 0. The summed E-state index contributed by atoms with van der Waals surface area (Å²) in [7, 11) is 2.86. The third kappa shape index (κ3) is 2.33. The Labute approximate surface area is 103 Å². The molecule has 0 aromatic heterocycles. The van der Waals surface area contributed by atoms with Crippen molar-refractivity contribution in [2.75, 3.05) is 14.1 Å². The highest BCUT2D eigenvalue weighted by Crippen LogP contribution is 2.38. The Balaban J connectivity index is 3.54. The van der Waals surface area contributed by atoms with Gasteiger partial charge in [0.15, 0.2) is 0 Å². The minimum Gasteiger partial charge on any atom is -0.480 e. The lowest BCUT2D eigenvalue weighted by molar-refractivity contribution is -0.151. The van der Waals surface area contributed by atoms with Crippen molar-refractivity contribution in [2.45, 2.75) is 18.6 Å². The summed E-state index contributed by atoms with van der Waals surface area (Å²) in [5.41, 5.74) is -2.93. The predicted octanol–water partition coefficient (Wildman–Crippen LogP) is 2.57. The standard InChI is InChI=1S/C12H14F3NO2/c1-11(10(17)18,16(2)3)8-6-4-5-7-9(8)12(13,14)15/h4-7H,1-3H3,(H,17,18)/t11-/m1/s1. The van der Waals surface area contributed by atoms with Crippen LogP contribution in [0.25, 0.3) is 0 Å². The van der Waals surface area contributed by atoms with Crippen LogP contribution in [0, 0.1) is 0 Å². The smallest absolute Gasteiger partial charge is 0.416 e. The number of halogens is 3. The first kappa shape index (κ1) is 14.5. The average molecular weight is 261 g/mol. The highest BCUT2D eigenvalue weighted by Gasteiger charge is 2.44. The first-order valence-electron chi connectivity index (χ1n) is 5.19. The van der Waals surface area contributed by atoms with E-state index in [1.54, 1.807) is 0 Å². The lowest BCUT2D eigenvalue weighted by atomic mass is 9.87. The van der Waals surface area contributed by atoms with E-state index in [9.17, 15) is 23.1 Å². The third-order valence-electron chi connectivity index (χ3n) is 3.07. The molecule has 0 saturated heterocycles. The van der Waals surface area contributed by atoms with Gasteiger partial charge in [-0.1, -0.05) is 18.2 Å². The van der Waals surface area contributed by atoms with Gasteiger partial charge < -0.3 is 5.11 Å². The molecule has 0 fully saturated rings. The van der Waals surface area contributed by atoms with Gasteiger partial charge >= 0.3 is 12.1 Å². The van der Waals surface area contributed by atoms with Gasteiger partial charge in [0.25, 0.3) is 0 Å². The average Bonchev–Trinajstić information content (AvgIpc) is 2.26. The maximum atomic E-state index is 12.9. The molecule has 0 saturated carbocycles. The first-order valence-corrected chi connectivity index (χ1v) is 5.19. The van der Waals surface area contributed by atoms with Crippen molar-refractivity contribution in [3.8, 4) is 0 Å². The number of likely N-dealkylation sites (N-methyl/N-ethyl adjacent to an activating group) is 1. The number of aliphatic carboxylic acids is 1. The van der Waals surface area contributed by atoms with E-state index < -0.39 is 23.2 Å². The third-order valence-corrected chi connectivity index (χ3v) is 3.07. The lowest BCUT2D eigenvalue weighted by Crippen LogP contribution is -2.46. The zero-order chi connectivity index (χ0) is 14.1. The van der Waals surface area contributed by atoms with Crippen LogP contribution in [0.4, 0.5) is 13.2 Å². The number of alkyl halides is 3. The highest BCUT2D eigenvalue weighted by molar-refractivity contribution is 5.80. The van der Waals surface area contributed by atoms with Crippen LogP contribution in [0.5, 0.6) is 0 Å². The molecule has 0 amide bonds. The van der Waals surface area contributed by atoms with Gasteiger partial charge in [0, 0.05) is 0 Å². The van der Waals surface area contributed by atoms with Gasteiger partial charge in [-0.2, -0.15) is 13.2 Å². The van der Waals surface area contributed by atoms with Crippen LogP contribution in [0.1, 0.15) is 18.1 Å². The van der Waals surface area contributed by atoms with Gasteiger partial charge in [-0.3, -0.25) is 4.90 Å². The molecular weight excluding hydrogens is 247 g/mol. The fraction of sp³-hybridized carbons (Fsp3) is 0.417. The van der Waals surface area contributed by atoms with Gasteiger partial charge in [0.05, 0.1) is 5.56 Å². The Morgan fingerprint density at radius 2 is 1.61 bits per heavy atom. The van der Waals surface area contributed by atoms with Crippen molar-refractivity contribution in [1.29, 1.82) is 0 Å². The fourth-order valence-electron chi connectivity index (χ4n) is 1.70. The van der Waals surface area contributed by atoms with Gasteiger partial charge in [-0.05, 0) is 32.6 Å². The molecule has 18 heavy (non-hydrogen) atoms. The van der Waals surface area contributed by atoms with E-state index in [1.807, 2.05) is 0 Å². The number of carbonyl (C=O) groups is 1. The zero-order valence-electron chi connectivity index (χ0n) is 10.2. The molecule has 1 rings (SSSR count). The molecule has 0 aliphatic carbocycles. The zero-order valence-corrected chi connectivity index (χ0v) is 10.2. The van der Waals surface area contributed by atoms with Crippen LogP contribution in [-0.4, -0.2) is 30.1 Å². The predicted molar refractivity (Wildman–Crippen MR) is 60.1 cm³/mol. The molecule has 0 unspecified atom stereocenters. The molecule has 1 aromatic carbocycles. The van der Waals surface area contributed by atoms with Crippen molar-refractivity contribution >= 4 is 5.97 Å². The van der Waals surface area contributed by atoms with E-state index in [0.29, 0.717) is 0 Å². The highest BCUT2D eigenvalue weighted by atomic mass is 19.4. The molecule has 0 radical (unpaired) electrons. The maximum absolute atomic E-state index is 12.9. The van der Waals surface area contributed by atoms with Crippen LogP contribution in [0.15, 0.2) is 24.3 Å². The molecule has 100 valence electrons. The second-order valence-corrected chi connectivity index (χ2v) is 4.32. The van der Waals surface area contributed by atoms with Crippen LogP contribution in [0.2, 0.25) is 0 Å². The fourth-order valence-corrected chi connectivity index (χ4v) is 1.70. The summed E-state index contributed by atoms with van der Waals surface area (Å²) in [4.78, 5) is 12.6. The lowest BCUT2D eigenvalue weighted by Gasteiger charge is -2.34. The summed E-state index contributed by atoms with van der Waals surface area (Å²) in [5, 5.41) is 9.24. The van der Waals surface area contributed by atoms with Gasteiger partial charge in [-0.15, -0.1) is 0 Å². The van der Waals surface area contributed by atoms with Crippen LogP contribution >= 0.6 is 0 Å². The molecule has 0 bridgehead atoms. The van der Waals surface area contributed by atoms with Crippen LogP contribution in [0.3, 0.4) is 0 Å². The van der Waals surface area contributed by atoms with E-state index in [4.69, 9.17) is 0 Å². The first-order chi connectivity index (χ1) is 8.11. The van der Waals surface area contributed by atoms with Crippen molar-refractivity contribution in [3.05, 3.63) is 35.4 Å². The molecule has 1 aromatic rings. The van der Waals surface area contributed by atoms with E-state index in [2.05, 4.69) is 0 Å². The largest absolute Gasteiger partial charge is 0.480 e. The van der Waals surface area contributed by atoms with Crippen molar-refractivity contribution in [2.24, 2.45) is 0 Å². The Morgan fingerprint density at radius 1 is 1.17 bits per heavy atom. The summed E-state index contributed by atoms with van der Waals surface area (Å²) in [6, 6.07) is 4.72. The normalized spacial score (nSPS) is 15.5. The van der Waals surface area contributed by atoms with Crippen molar-refractivity contribution < 1.29 is 23.1 Å². The molecule has 1 N–H and O–H groups in total. The molecular formula is C12H14F3NO2. The Morgan fingerprint density at radius 3 is 1.94 bits per heavy atom. The number of nitrogens with zero attached hydrogens (tertiary/aromatic N) is 1. The van der Waals surface area contributed by atoms with Crippen LogP contribution in [-0.2, 0) is 16.5 Å². The van der Waals surface area contributed by atoms with E-state index in [-0.39, 0.29) is 5.56 Å². The van der Waals surface area contributed by atoms with Gasteiger partial charge in [0.1, 0.15) is 5.54 Å². The molecule has 1 atom stereocenters. The Kier molecular flexibility index (Phi) is 3.71. The number of hydrogen-bond acceptors (Lipinski definition) is 2. The SMILES string of the molecule is CN(C)[C@@](C)(C(=O)O)c1ccccc1C(F)(F)F. The molecule has 0 aliphatic heterocycles. The Hall–Kier alpha value is -1.56. The maximum Gasteiger partial charge on any atom is 0.416 e. The van der Waals surface area contributed by atoms with Crippen molar-refractivity contribution in [1.82, 2.24) is 4.90 Å². The number of hydrogen-bond donors (Lipinski definition) is 1. The number of carboxylic acid groups (broad SMARTS) is 1. The van der Waals surface area contributed by atoms with E-state index >= 15 is 0 Å². The second-order valence-electron chi connectivity index (χ2n) is 4.32. The summed E-state index contributed by atoms with van der Waals surface area (Å²) in [6.07, 6.45) is -4.58. The molecule has 6 heteroatoms. The van der Waals surface area contributed by atoms with Crippen LogP contribution < -0.4 is 0 Å². The second kappa shape index (κ2) is 4.61.